The van der Waals surface area contributed by atoms with Gasteiger partial charge < -0.3 is 0 Å². The van der Waals surface area contributed by atoms with Crippen LogP contribution in [0, 0.1) is 0 Å². The Hall–Kier alpha value is -2.27. The van der Waals surface area contributed by atoms with Gasteiger partial charge in [-0.15, -0.1) is 0 Å². The molecule has 3 aromatic rings. The van der Waals surface area contributed by atoms with Gasteiger partial charge in [-0.3, -0.25) is 20.6 Å². The first-order valence-corrected chi connectivity index (χ1v) is 8.40. The standard InChI is InChI=1S/C18H12Cl3N3O/c19-13-9-14(20)18(15(21)10-13)24-23-16(25)7-6-12-4-1-3-11-5-2-8-22-17(11)12/h1-10,24H,(H,23,25)/b7-6+. The molecule has 0 saturated heterocycles. The summed E-state index contributed by atoms with van der Waals surface area (Å²) in [6, 6.07) is 12.7. The van der Waals surface area contributed by atoms with E-state index in [0.717, 1.165) is 16.5 Å². The molecule has 0 radical (unpaired) electrons. The SMILES string of the molecule is O=C(/C=C/c1cccc2cccnc12)NNc1c(Cl)cc(Cl)cc1Cl. The summed E-state index contributed by atoms with van der Waals surface area (Å²) in [5.74, 6) is -0.366. The number of rotatable bonds is 4. The van der Waals surface area contributed by atoms with Crippen molar-refractivity contribution < 1.29 is 4.79 Å². The van der Waals surface area contributed by atoms with E-state index in [-0.39, 0.29) is 5.91 Å². The van der Waals surface area contributed by atoms with Crippen molar-refractivity contribution >= 4 is 63.4 Å². The number of carbonyl (C=O) groups excluding carboxylic acids is 1. The van der Waals surface area contributed by atoms with Crippen molar-refractivity contribution in [2.24, 2.45) is 0 Å². The molecule has 1 aromatic heterocycles. The number of benzene rings is 2. The van der Waals surface area contributed by atoms with Crippen molar-refractivity contribution in [3.8, 4) is 0 Å². The van der Waals surface area contributed by atoms with E-state index in [1.54, 1.807) is 12.3 Å². The zero-order chi connectivity index (χ0) is 17.8. The second kappa shape index (κ2) is 7.74. The number of aromatic nitrogens is 1. The Morgan fingerprint density at radius 2 is 1.76 bits per heavy atom. The average Bonchev–Trinajstić information content (AvgIpc) is 2.59. The molecule has 4 nitrogen and oxygen atoms in total. The highest BCUT2D eigenvalue weighted by Gasteiger charge is 2.08. The number of hydrogen-bond acceptors (Lipinski definition) is 3. The molecule has 1 amide bonds. The molecule has 0 atom stereocenters. The molecular weight excluding hydrogens is 381 g/mol. The van der Waals surface area contributed by atoms with Crippen molar-refractivity contribution in [2.45, 2.75) is 0 Å². The van der Waals surface area contributed by atoms with Gasteiger partial charge in [0.1, 0.15) is 0 Å². The van der Waals surface area contributed by atoms with E-state index in [1.165, 1.54) is 18.2 Å². The van der Waals surface area contributed by atoms with E-state index in [9.17, 15) is 4.79 Å². The van der Waals surface area contributed by atoms with Crippen LogP contribution in [0.1, 0.15) is 5.56 Å². The molecule has 0 fully saturated rings. The first kappa shape index (κ1) is 17.5. The maximum atomic E-state index is 12.0. The fourth-order valence-corrected chi connectivity index (χ4v) is 3.17. The summed E-state index contributed by atoms with van der Waals surface area (Å²) < 4.78 is 0. The zero-order valence-corrected chi connectivity index (χ0v) is 15.0. The fraction of sp³-hybridized carbons (Fsp3) is 0. The monoisotopic (exact) mass is 391 g/mol. The van der Waals surface area contributed by atoms with Crippen LogP contribution < -0.4 is 10.9 Å². The summed E-state index contributed by atoms with van der Waals surface area (Å²) >= 11 is 17.9. The van der Waals surface area contributed by atoms with Crippen LogP contribution in [0.15, 0.2) is 54.7 Å². The van der Waals surface area contributed by atoms with Gasteiger partial charge in [-0.1, -0.05) is 59.1 Å². The maximum Gasteiger partial charge on any atom is 0.262 e. The van der Waals surface area contributed by atoms with Crippen LogP contribution in [-0.4, -0.2) is 10.9 Å². The van der Waals surface area contributed by atoms with Gasteiger partial charge in [-0.2, -0.15) is 0 Å². The quantitative estimate of drug-likeness (QED) is 0.465. The van der Waals surface area contributed by atoms with Gasteiger partial charge in [-0.05, 0) is 24.3 Å². The number of nitrogens with zero attached hydrogens (tertiary/aromatic N) is 1. The maximum absolute atomic E-state index is 12.0. The molecular formula is C18H12Cl3N3O. The van der Waals surface area contributed by atoms with E-state index < -0.39 is 0 Å². The van der Waals surface area contributed by atoms with Crippen molar-refractivity contribution in [2.75, 3.05) is 5.43 Å². The van der Waals surface area contributed by atoms with Gasteiger partial charge in [-0.25, -0.2) is 0 Å². The first-order valence-electron chi connectivity index (χ1n) is 7.27. The number of halogens is 3. The molecule has 2 N–H and O–H groups in total. The third-order valence-electron chi connectivity index (χ3n) is 3.40. The molecule has 0 spiro atoms. The molecule has 126 valence electrons. The molecule has 3 rings (SSSR count). The average molecular weight is 393 g/mol. The Balaban J connectivity index is 1.71. The topological polar surface area (TPSA) is 54.0 Å². The summed E-state index contributed by atoms with van der Waals surface area (Å²) in [5.41, 5.74) is 7.25. The highest BCUT2D eigenvalue weighted by atomic mass is 35.5. The van der Waals surface area contributed by atoms with Crippen molar-refractivity contribution in [3.05, 3.63) is 75.4 Å². The van der Waals surface area contributed by atoms with Crippen LogP contribution in [-0.2, 0) is 4.79 Å². The van der Waals surface area contributed by atoms with Crippen LogP contribution in [0.2, 0.25) is 15.1 Å². The zero-order valence-electron chi connectivity index (χ0n) is 12.8. The van der Waals surface area contributed by atoms with Gasteiger partial charge in [0.05, 0.1) is 21.2 Å². The van der Waals surface area contributed by atoms with E-state index in [4.69, 9.17) is 34.8 Å². The van der Waals surface area contributed by atoms with Crippen molar-refractivity contribution in [1.82, 2.24) is 10.4 Å². The molecule has 0 saturated carbocycles. The third-order valence-corrected chi connectivity index (χ3v) is 4.21. The first-order chi connectivity index (χ1) is 12.0. The lowest BCUT2D eigenvalue weighted by atomic mass is 10.1. The molecule has 7 heteroatoms. The molecule has 0 aliphatic rings. The highest BCUT2D eigenvalue weighted by molar-refractivity contribution is 6.41. The highest BCUT2D eigenvalue weighted by Crippen LogP contribution is 2.33. The predicted octanol–water partition coefficient (Wildman–Crippen LogP) is 5.35. The summed E-state index contributed by atoms with van der Waals surface area (Å²) in [5, 5.41) is 2.03. The number of fused-ring (bicyclic) bond motifs is 1. The Labute approximate surface area is 159 Å². The number of para-hydroxylation sites is 1. The van der Waals surface area contributed by atoms with E-state index in [1.807, 2.05) is 30.3 Å². The fourth-order valence-electron chi connectivity index (χ4n) is 2.26. The Kier molecular flexibility index (Phi) is 5.43. The summed E-state index contributed by atoms with van der Waals surface area (Å²) in [6.45, 7) is 0. The summed E-state index contributed by atoms with van der Waals surface area (Å²) in [4.78, 5) is 16.4. The molecule has 0 aliphatic heterocycles. The molecule has 2 aromatic carbocycles. The van der Waals surface area contributed by atoms with Gasteiger partial charge in [0.25, 0.3) is 5.91 Å². The number of amides is 1. The van der Waals surface area contributed by atoms with E-state index >= 15 is 0 Å². The second-order valence-corrected chi connectivity index (χ2v) is 6.37. The minimum Gasteiger partial charge on any atom is -0.295 e. The lowest BCUT2D eigenvalue weighted by molar-refractivity contribution is -0.115. The lowest BCUT2D eigenvalue weighted by Gasteiger charge is -2.10. The van der Waals surface area contributed by atoms with Crippen LogP contribution in [0.4, 0.5) is 5.69 Å². The Morgan fingerprint density at radius 3 is 2.52 bits per heavy atom. The number of carbonyl (C=O) groups is 1. The largest absolute Gasteiger partial charge is 0.295 e. The Morgan fingerprint density at radius 1 is 1.04 bits per heavy atom. The molecule has 25 heavy (non-hydrogen) atoms. The van der Waals surface area contributed by atoms with E-state index in [0.29, 0.717) is 20.8 Å². The number of hydrazine groups is 1. The minimum absolute atomic E-state index is 0.306. The third kappa shape index (κ3) is 4.23. The molecule has 1 heterocycles. The number of nitrogens with one attached hydrogen (secondary N) is 2. The number of hydrogen-bond donors (Lipinski definition) is 2. The number of anilines is 1. The van der Waals surface area contributed by atoms with Crippen LogP contribution in [0.3, 0.4) is 0 Å². The van der Waals surface area contributed by atoms with Gasteiger partial charge in [0.2, 0.25) is 0 Å². The van der Waals surface area contributed by atoms with Crippen LogP contribution in [0.5, 0.6) is 0 Å². The van der Waals surface area contributed by atoms with Crippen molar-refractivity contribution in [3.63, 3.8) is 0 Å². The van der Waals surface area contributed by atoms with Crippen LogP contribution >= 0.6 is 34.8 Å². The van der Waals surface area contributed by atoms with Crippen molar-refractivity contribution in [1.29, 1.82) is 0 Å². The van der Waals surface area contributed by atoms with Gasteiger partial charge >= 0.3 is 0 Å². The van der Waals surface area contributed by atoms with Gasteiger partial charge in [0.15, 0.2) is 0 Å². The number of pyridine rings is 1. The molecule has 0 bridgehead atoms. The minimum atomic E-state index is -0.366. The normalized spacial score (nSPS) is 11.0. The lowest BCUT2D eigenvalue weighted by Crippen LogP contribution is -2.27. The second-order valence-electron chi connectivity index (χ2n) is 5.11. The van der Waals surface area contributed by atoms with E-state index in [2.05, 4.69) is 15.8 Å². The molecule has 0 unspecified atom stereocenters. The predicted molar refractivity (Wildman–Crippen MR) is 104 cm³/mol. The molecule has 0 aliphatic carbocycles. The Bertz CT molecular complexity index is 944. The smallest absolute Gasteiger partial charge is 0.262 e. The summed E-state index contributed by atoms with van der Waals surface area (Å²) in [7, 11) is 0. The van der Waals surface area contributed by atoms with Gasteiger partial charge in [0, 0.05) is 28.2 Å². The summed E-state index contributed by atoms with van der Waals surface area (Å²) in [6.07, 6.45) is 4.80. The van der Waals surface area contributed by atoms with Crippen LogP contribution in [0.25, 0.3) is 17.0 Å².